The molecule has 1 aromatic rings. The Hall–Kier alpha value is -1.43. The van der Waals surface area contributed by atoms with Crippen molar-refractivity contribution in [1.82, 2.24) is 0 Å². The third-order valence-electron chi connectivity index (χ3n) is 1.57. The van der Waals surface area contributed by atoms with E-state index in [0.717, 1.165) is 12.1 Å². The Morgan fingerprint density at radius 3 is 2.08 bits per heavy atom. The molecule has 0 aliphatic carbocycles. The van der Waals surface area contributed by atoms with Crippen molar-refractivity contribution < 1.29 is 13.2 Å². The molecule has 0 nitrogen and oxygen atoms in total. The molecule has 0 fully saturated rings. The van der Waals surface area contributed by atoms with Gasteiger partial charge in [-0.15, -0.1) is 0 Å². The van der Waals surface area contributed by atoms with Crippen LogP contribution in [0, 0.1) is 12.3 Å². The number of benzene rings is 1. The minimum Gasteiger partial charge on any atom is -0.166 e. The molecule has 0 aromatic heterocycles. The molecule has 0 amide bonds. The highest BCUT2D eigenvalue weighted by molar-refractivity contribution is 5.26. The normalized spacial score (nSPS) is 10.9. The number of halogens is 3. The van der Waals surface area contributed by atoms with Gasteiger partial charge in [0.2, 0.25) is 0 Å². The van der Waals surface area contributed by atoms with Crippen LogP contribution in [0.15, 0.2) is 24.3 Å². The summed E-state index contributed by atoms with van der Waals surface area (Å²) in [5, 5.41) is 0. The highest BCUT2D eigenvalue weighted by Crippen LogP contribution is 2.28. The van der Waals surface area contributed by atoms with E-state index in [4.69, 9.17) is 6.42 Å². The molecule has 0 heterocycles. The lowest BCUT2D eigenvalue weighted by molar-refractivity contribution is -0.137. The Bertz CT molecular complexity index is 314. The standard InChI is InChI=1S/C10H6F3/c1-2-3-8-4-6-9(7-5-8)10(11,12)13/h4-7H,3H2. The van der Waals surface area contributed by atoms with Crippen LogP contribution >= 0.6 is 0 Å². The fourth-order valence-electron chi connectivity index (χ4n) is 0.914. The molecule has 1 aromatic carbocycles. The van der Waals surface area contributed by atoms with Gasteiger partial charge in [-0.05, 0) is 24.1 Å². The van der Waals surface area contributed by atoms with Gasteiger partial charge in [0.1, 0.15) is 0 Å². The first kappa shape index (κ1) is 9.66. The van der Waals surface area contributed by atoms with Crippen LogP contribution in [-0.4, -0.2) is 0 Å². The largest absolute Gasteiger partial charge is 0.416 e. The van der Waals surface area contributed by atoms with Crippen molar-refractivity contribution >= 4 is 0 Å². The van der Waals surface area contributed by atoms with Gasteiger partial charge in [-0.1, -0.05) is 18.1 Å². The van der Waals surface area contributed by atoms with Gasteiger partial charge < -0.3 is 0 Å². The zero-order valence-electron chi connectivity index (χ0n) is 6.65. The van der Waals surface area contributed by atoms with Crippen molar-refractivity contribution in [3.05, 3.63) is 41.8 Å². The highest BCUT2D eigenvalue weighted by Gasteiger charge is 2.29. The number of alkyl halides is 3. The van der Waals surface area contributed by atoms with Crippen molar-refractivity contribution in [2.75, 3.05) is 0 Å². The van der Waals surface area contributed by atoms with E-state index in [1.165, 1.54) is 12.1 Å². The topological polar surface area (TPSA) is 0 Å². The minimum atomic E-state index is -4.28. The Kier molecular flexibility index (Phi) is 2.62. The summed E-state index contributed by atoms with van der Waals surface area (Å²) < 4.78 is 36.2. The van der Waals surface area contributed by atoms with Crippen LogP contribution in [0.4, 0.5) is 13.2 Å². The fourth-order valence-corrected chi connectivity index (χ4v) is 0.914. The van der Waals surface area contributed by atoms with E-state index in [1.54, 1.807) is 0 Å². The predicted octanol–water partition coefficient (Wildman–Crippen LogP) is 2.84. The number of hydrogen-bond acceptors (Lipinski definition) is 0. The van der Waals surface area contributed by atoms with E-state index in [-0.39, 0.29) is 6.42 Å². The summed E-state index contributed by atoms with van der Waals surface area (Å²) in [6.07, 6.45) is 2.61. The zero-order valence-corrected chi connectivity index (χ0v) is 6.65. The Morgan fingerprint density at radius 1 is 1.15 bits per heavy atom. The Labute approximate surface area is 74.4 Å². The molecule has 0 saturated heterocycles. The summed E-state index contributed by atoms with van der Waals surface area (Å²) in [6, 6.07) is 4.72. The Balaban J connectivity index is 2.89. The lowest BCUT2D eigenvalue weighted by atomic mass is 10.1. The summed E-state index contributed by atoms with van der Waals surface area (Å²) in [4.78, 5) is 0. The molecule has 0 spiro atoms. The molecule has 0 aliphatic rings. The first-order chi connectivity index (χ1) is 6.04. The maximum atomic E-state index is 12.1. The maximum absolute atomic E-state index is 12.1. The molecule has 1 rings (SSSR count). The molecule has 0 atom stereocenters. The second kappa shape index (κ2) is 3.53. The molecule has 1 radical (unpaired) electrons. The summed E-state index contributed by atoms with van der Waals surface area (Å²) in [6.45, 7) is 0. The van der Waals surface area contributed by atoms with Gasteiger partial charge in [-0.3, -0.25) is 0 Å². The fraction of sp³-hybridized carbons (Fsp3) is 0.200. The van der Waals surface area contributed by atoms with Crippen molar-refractivity contribution in [2.45, 2.75) is 12.6 Å². The summed E-state index contributed by atoms with van der Waals surface area (Å²) in [5.41, 5.74) is -0.00997. The lowest BCUT2D eigenvalue weighted by Crippen LogP contribution is -2.04. The number of hydrogen-bond donors (Lipinski definition) is 0. The lowest BCUT2D eigenvalue weighted by Gasteiger charge is -2.05. The quantitative estimate of drug-likeness (QED) is 0.587. The third kappa shape index (κ3) is 2.51. The average molecular weight is 183 g/mol. The van der Waals surface area contributed by atoms with E-state index < -0.39 is 11.7 Å². The first-order valence-electron chi connectivity index (χ1n) is 3.60. The molecular weight excluding hydrogens is 177 g/mol. The van der Waals surface area contributed by atoms with Crippen LogP contribution in [0.3, 0.4) is 0 Å². The third-order valence-corrected chi connectivity index (χ3v) is 1.57. The predicted molar refractivity (Wildman–Crippen MR) is 42.3 cm³/mol. The van der Waals surface area contributed by atoms with Gasteiger partial charge in [-0.2, -0.15) is 13.2 Å². The molecule has 0 bridgehead atoms. The molecule has 0 unspecified atom stereocenters. The summed E-state index contributed by atoms with van der Waals surface area (Å²) >= 11 is 0. The van der Waals surface area contributed by atoms with Gasteiger partial charge in [0.15, 0.2) is 0 Å². The smallest absolute Gasteiger partial charge is 0.166 e. The maximum Gasteiger partial charge on any atom is 0.416 e. The van der Waals surface area contributed by atoms with Crippen LogP contribution in [0.2, 0.25) is 0 Å². The van der Waals surface area contributed by atoms with Crippen LogP contribution in [-0.2, 0) is 12.6 Å². The molecule has 67 valence electrons. The molecule has 0 N–H and O–H groups in total. The minimum absolute atomic E-state index is 0.248. The van der Waals surface area contributed by atoms with Gasteiger partial charge >= 0.3 is 6.18 Å². The van der Waals surface area contributed by atoms with E-state index >= 15 is 0 Å². The van der Waals surface area contributed by atoms with Gasteiger partial charge in [0.25, 0.3) is 0 Å². The van der Waals surface area contributed by atoms with Gasteiger partial charge in [-0.25, -0.2) is 0 Å². The van der Waals surface area contributed by atoms with Crippen LogP contribution in [0.1, 0.15) is 11.1 Å². The SMILES string of the molecule is [C]#CCc1ccc(C(F)(F)F)cc1. The summed E-state index contributed by atoms with van der Waals surface area (Å²) in [5.74, 6) is 2.11. The number of rotatable bonds is 1. The average Bonchev–Trinajstić information content (AvgIpc) is 2.04. The molecule has 13 heavy (non-hydrogen) atoms. The van der Waals surface area contributed by atoms with Crippen molar-refractivity contribution in [1.29, 1.82) is 0 Å². The van der Waals surface area contributed by atoms with Crippen molar-refractivity contribution in [3.63, 3.8) is 0 Å². The van der Waals surface area contributed by atoms with E-state index in [9.17, 15) is 13.2 Å². The van der Waals surface area contributed by atoms with Gasteiger partial charge in [0, 0.05) is 6.42 Å². The van der Waals surface area contributed by atoms with Crippen LogP contribution in [0.5, 0.6) is 0 Å². The van der Waals surface area contributed by atoms with E-state index in [0.29, 0.717) is 5.56 Å². The van der Waals surface area contributed by atoms with E-state index in [1.807, 2.05) is 0 Å². The van der Waals surface area contributed by atoms with Crippen molar-refractivity contribution in [3.8, 4) is 5.92 Å². The van der Waals surface area contributed by atoms with Crippen LogP contribution in [0.25, 0.3) is 0 Å². The first-order valence-corrected chi connectivity index (χ1v) is 3.60. The molecule has 3 heteroatoms. The van der Waals surface area contributed by atoms with Crippen LogP contribution < -0.4 is 0 Å². The highest BCUT2D eigenvalue weighted by atomic mass is 19.4. The van der Waals surface area contributed by atoms with E-state index in [2.05, 4.69) is 5.92 Å². The Morgan fingerprint density at radius 2 is 1.69 bits per heavy atom. The second-order valence-electron chi connectivity index (χ2n) is 2.55. The second-order valence-corrected chi connectivity index (χ2v) is 2.55. The molecule has 0 aliphatic heterocycles. The molecular formula is C10H6F3. The summed E-state index contributed by atoms with van der Waals surface area (Å²) in [7, 11) is 0. The molecule has 0 saturated carbocycles. The van der Waals surface area contributed by atoms with Crippen molar-refractivity contribution in [2.24, 2.45) is 0 Å². The monoisotopic (exact) mass is 183 g/mol. The zero-order chi connectivity index (χ0) is 9.90. The van der Waals surface area contributed by atoms with Gasteiger partial charge in [0.05, 0.1) is 5.56 Å².